The summed E-state index contributed by atoms with van der Waals surface area (Å²) in [6, 6.07) is 9.00. The van der Waals surface area contributed by atoms with Crippen LogP contribution < -0.4 is 5.32 Å². The lowest BCUT2D eigenvalue weighted by molar-refractivity contribution is -0.126. The van der Waals surface area contributed by atoms with E-state index in [1.54, 1.807) is 0 Å². The van der Waals surface area contributed by atoms with Crippen LogP contribution in [0.2, 0.25) is 0 Å². The number of nitrogens with zero attached hydrogens (tertiary/aromatic N) is 3. The molecule has 25 heavy (non-hydrogen) atoms. The third-order valence-electron chi connectivity index (χ3n) is 5.25. The first-order valence-corrected chi connectivity index (χ1v) is 9.29. The van der Waals surface area contributed by atoms with Crippen LogP contribution >= 0.6 is 0 Å². The Morgan fingerprint density at radius 1 is 1.12 bits per heavy atom. The summed E-state index contributed by atoms with van der Waals surface area (Å²) < 4.78 is 2.00. The van der Waals surface area contributed by atoms with Crippen LogP contribution in [0.15, 0.2) is 36.7 Å². The molecule has 5 heteroatoms. The molecule has 0 atom stereocenters. The molecule has 2 aliphatic rings. The van der Waals surface area contributed by atoms with Gasteiger partial charge in [0.25, 0.3) is 0 Å². The Bertz CT molecular complexity index is 724. The van der Waals surface area contributed by atoms with Gasteiger partial charge in [-0.15, -0.1) is 0 Å². The molecule has 1 saturated heterocycles. The highest BCUT2D eigenvalue weighted by Gasteiger charge is 2.29. The minimum Gasteiger partial charge on any atom is -0.353 e. The van der Waals surface area contributed by atoms with Crippen molar-refractivity contribution in [3.05, 3.63) is 42.2 Å². The quantitative estimate of drug-likeness (QED) is 0.912. The second kappa shape index (κ2) is 7.00. The monoisotopic (exact) mass is 338 g/mol. The first-order valence-electron chi connectivity index (χ1n) is 9.29. The van der Waals surface area contributed by atoms with Gasteiger partial charge in [-0.05, 0) is 38.2 Å². The van der Waals surface area contributed by atoms with Crippen LogP contribution in [0.5, 0.6) is 0 Å². The maximum absolute atomic E-state index is 12.2. The summed E-state index contributed by atoms with van der Waals surface area (Å²) in [4.78, 5) is 14.5. The summed E-state index contributed by atoms with van der Waals surface area (Å²) in [6.07, 6.45) is 8.26. The summed E-state index contributed by atoms with van der Waals surface area (Å²) in [5, 5.41) is 7.65. The molecule has 5 nitrogen and oxygen atoms in total. The molecule has 2 fully saturated rings. The molecule has 4 rings (SSSR count). The van der Waals surface area contributed by atoms with Crippen LogP contribution in [-0.2, 0) is 11.5 Å². The summed E-state index contributed by atoms with van der Waals surface area (Å²) in [6.45, 7) is 4.82. The molecule has 0 unspecified atom stereocenters. The van der Waals surface area contributed by atoms with E-state index in [0.29, 0.717) is 6.04 Å². The Hall–Kier alpha value is -2.14. The van der Waals surface area contributed by atoms with Crippen molar-refractivity contribution in [2.24, 2.45) is 5.92 Å². The third kappa shape index (κ3) is 4.10. The van der Waals surface area contributed by atoms with E-state index in [1.165, 1.54) is 11.1 Å². The number of hydrogen-bond donors (Lipinski definition) is 1. The molecule has 1 aromatic heterocycles. The Morgan fingerprint density at radius 3 is 2.52 bits per heavy atom. The molecule has 2 heterocycles. The molecule has 0 radical (unpaired) electrons. The Morgan fingerprint density at radius 2 is 1.84 bits per heavy atom. The molecule has 1 aromatic carbocycles. The Labute approximate surface area is 149 Å². The number of benzene rings is 1. The zero-order chi connectivity index (χ0) is 17.2. The number of likely N-dealkylation sites (tertiary alicyclic amines) is 1. The number of rotatable bonds is 5. The van der Waals surface area contributed by atoms with E-state index in [9.17, 15) is 4.79 Å². The van der Waals surface area contributed by atoms with Crippen LogP contribution in [0.3, 0.4) is 0 Å². The lowest BCUT2D eigenvalue weighted by atomic mass is 9.96. The molecule has 2 aromatic rings. The van der Waals surface area contributed by atoms with E-state index >= 15 is 0 Å². The zero-order valence-electron chi connectivity index (χ0n) is 14.8. The SMILES string of the molecule is Cc1ccc(-c2cnn(CN3CCC(C(=O)NC4CC4)CC3)c2)cc1. The summed E-state index contributed by atoms with van der Waals surface area (Å²) in [5.41, 5.74) is 3.62. The summed E-state index contributed by atoms with van der Waals surface area (Å²) >= 11 is 0. The van der Waals surface area contributed by atoms with Crippen molar-refractivity contribution in [1.82, 2.24) is 20.0 Å². The largest absolute Gasteiger partial charge is 0.353 e. The number of carbonyl (C=O) groups excluding carboxylic acids is 1. The van der Waals surface area contributed by atoms with Gasteiger partial charge < -0.3 is 5.32 Å². The van der Waals surface area contributed by atoms with Crippen molar-refractivity contribution in [3.63, 3.8) is 0 Å². The van der Waals surface area contributed by atoms with E-state index in [2.05, 4.69) is 52.7 Å². The van der Waals surface area contributed by atoms with Gasteiger partial charge in [-0.3, -0.25) is 14.4 Å². The molecule has 0 spiro atoms. The van der Waals surface area contributed by atoms with Gasteiger partial charge in [-0.2, -0.15) is 5.10 Å². The van der Waals surface area contributed by atoms with Gasteiger partial charge in [-0.25, -0.2) is 0 Å². The second-order valence-corrected chi connectivity index (χ2v) is 7.45. The van der Waals surface area contributed by atoms with Crippen LogP contribution in [-0.4, -0.2) is 39.7 Å². The van der Waals surface area contributed by atoms with Crippen molar-refractivity contribution < 1.29 is 4.79 Å². The molecule has 1 saturated carbocycles. The second-order valence-electron chi connectivity index (χ2n) is 7.45. The maximum Gasteiger partial charge on any atom is 0.223 e. The fourth-order valence-corrected chi connectivity index (χ4v) is 3.42. The minimum absolute atomic E-state index is 0.192. The van der Waals surface area contributed by atoms with Crippen LogP contribution in [0, 0.1) is 12.8 Å². The van der Waals surface area contributed by atoms with E-state index in [-0.39, 0.29) is 11.8 Å². The molecule has 1 N–H and O–H groups in total. The van der Waals surface area contributed by atoms with Gasteiger partial charge in [0.1, 0.15) is 0 Å². The lowest BCUT2D eigenvalue weighted by Crippen LogP contribution is -2.41. The van der Waals surface area contributed by atoms with E-state index in [4.69, 9.17) is 0 Å². The average Bonchev–Trinajstić information content (AvgIpc) is 3.32. The third-order valence-corrected chi connectivity index (χ3v) is 5.25. The smallest absolute Gasteiger partial charge is 0.223 e. The highest BCUT2D eigenvalue weighted by molar-refractivity contribution is 5.79. The number of hydrogen-bond acceptors (Lipinski definition) is 3. The molecular weight excluding hydrogens is 312 g/mol. The number of aromatic nitrogens is 2. The van der Waals surface area contributed by atoms with Crippen LogP contribution in [0.25, 0.3) is 11.1 Å². The number of carbonyl (C=O) groups is 1. The molecular formula is C20H26N4O. The highest BCUT2D eigenvalue weighted by Crippen LogP contribution is 2.23. The van der Waals surface area contributed by atoms with Gasteiger partial charge in [0, 0.05) is 36.8 Å². The molecule has 1 aliphatic carbocycles. The minimum atomic E-state index is 0.192. The first kappa shape index (κ1) is 16.3. The number of aryl methyl sites for hydroxylation is 1. The number of amides is 1. The van der Waals surface area contributed by atoms with Crippen LogP contribution in [0.4, 0.5) is 0 Å². The Balaban J connectivity index is 1.30. The van der Waals surface area contributed by atoms with Crippen molar-refractivity contribution >= 4 is 5.91 Å². The van der Waals surface area contributed by atoms with Crippen molar-refractivity contribution in [3.8, 4) is 11.1 Å². The molecule has 1 amide bonds. The van der Waals surface area contributed by atoms with Crippen molar-refractivity contribution in [2.75, 3.05) is 13.1 Å². The van der Waals surface area contributed by atoms with Gasteiger partial charge in [-0.1, -0.05) is 29.8 Å². The summed E-state index contributed by atoms with van der Waals surface area (Å²) in [5.74, 6) is 0.459. The predicted molar refractivity (Wildman–Crippen MR) is 97.9 cm³/mol. The van der Waals surface area contributed by atoms with E-state index in [0.717, 1.165) is 51.0 Å². The van der Waals surface area contributed by atoms with Gasteiger partial charge >= 0.3 is 0 Å². The summed E-state index contributed by atoms with van der Waals surface area (Å²) in [7, 11) is 0. The number of nitrogens with one attached hydrogen (secondary N) is 1. The Kier molecular flexibility index (Phi) is 4.57. The molecule has 1 aliphatic heterocycles. The van der Waals surface area contributed by atoms with Gasteiger partial charge in [0.2, 0.25) is 5.91 Å². The normalized spacial score (nSPS) is 19.1. The highest BCUT2D eigenvalue weighted by atomic mass is 16.2. The standard InChI is InChI=1S/C20H26N4O/c1-15-2-4-16(5-3-15)18-12-21-24(13-18)14-23-10-8-17(9-11-23)20(25)22-19-6-7-19/h2-5,12-13,17,19H,6-11,14H2,1H3,(H,22,25). The van der Waals surface area contributed by atoms with E-state index in [1.807, 2.05) is 10.9 Å². The van der Waals surface area contributed by atoms with Gasteiger partial charge in [0.15, 0.2) is 0 Å². The molecule has 0 bridgehead atoms. The topological polar surface area (TPSA) is 50.2 Å². The van der Waals surface area contributed by atoms with Crippen molar-refractivity contribution in [2.45, 2.75) is 45.3 Å². The molecule has 132 valence electrons. The fraction of sp³-hybridized carbons (Fsp3) is 0.500. The van der Waals surface area contributed by atoms with Crippen LogP contribution in [0.1, 0.15) is 31.2 Å². The van der Waals surface area contributed by atoms with Crippen molar-refractivity contribution in [1.29, 1.82) is 0 Å². The predicted octanol–water partition coefficient (Wildman–Crippen LogP) is 2.81. The van der Waals surface area contributed by atoms with E-state index < -0.39 is 0 Å². The first-order chi connectivity index (χ1) is 12.2. The number of piperidine rings is 1. The lowest BCUT2D eigenvalue weighted by Gasteiger charge is -2.31. The maximum atomic E-state index is 12.2. The van der Waals surface area contributed by atoms with Gasteiger partial charge in [0.05, 0.1) is 12.9 Å². The average molecular weight is 338 g/mol. The zero-order valence-corrected chi connectivity index (χ0v) is 14.8. The fourth-order valence-electron chi connectivity index (χ4n) is 3.42.